The van der Waals surface area contributed by atoms with Crippen molar-refractivity contribution in [1.29, 1.82) is 0 Å². The van der Waals surface area contributed by atoms with E-state index in [4.69, 9.17) is 5.73 Å². The second-order valence-corrected chi connectivity index (χ2v) is 5.20. The molecule has 1 aliphatic rings. The van der Waals surface area contributed by atoms with Gasteiger partial charge < -0.3 is 10.6 Å². The van der Waals surface area contributed by atoms with Crippen molar-refractivity contribution in [3.8, 4) is 0 Å². The van der Waals surface area contributed by atoms with Crippen LogP contribution in [0.4, 0.5) is 10.1 Å². The van der Waals surface area contributed by atoms with Crippen LogP contribution >= 0.6 is 0 Å². The van der Waals surface area contributed by atoms with Crippen molar-refractivity contribution in [2.75, 3.05) is 18.0 Å². The first-order valence-electron chi connectivity index (χ1n) is 6.97. The summed E-state index contributed by atoms with van der Waals surface area (Å²) in [6.45, 7) is 3.59. The van der Waals surface area contributed by atoms with Crippen molar-refractivity contribution in [3.63, 3.8) is 0 Å². The number of rotatable bonds is 5. The van der Waals surface area contributed by atoms with Crippen LogP contribution in [0.25, 0.3) is 0 Å². The van der Waals surface area contributed by atoms with Crippen LogP contribution in [0.2, 0.25) is 0 Å². The molecule has 0 aromatic heterocycles. The fraction of sp³-hybridized carbons (Fsp3) is 0.600. The minimum absolute atomic E-state index is 0.155. The van der Waals surface area contributed by atoms with Gasteiger partial charge in [0.2, 0.25) is 0 Å². The number of hydrogen-bond acceptors (Lipinski definition) is 2. The molecule has 18 heavy (non-hydrogen) atoms. The maximum absolute atomic E-state index is 13.8. The summed E-state index contributed by atoms with van der Waals surface area (Å²) in [6, 6.07) is 7.11. The average Bonchev–Trinajstić information content (AvgIpc) is 2.90. The largest absolute Gasteiger partial charge is 0.368 e. The Labute approximate surface area is 109 Å². The van der Waals surface area contributed by atoms with Crippen LogP contribution in [0, 0.1) is 11.7 Å². The molecule has 3 heteroatoms. The highest BCUT2D eigenvalue weighted by Gasteiger charge is 2.24. The molecule has 1 unspecified atom stereocenters. The second kappa shape index (κ2) is 6.19. The summed E-state index contributed by atoms with van der Waals surface area (Å²) in [6.07, 6.45) is 5.06. The van der Waals surface area contributed by atoms with Gasteiger partial charge in [-0.2, -0.15) is 0 Å². The summed E-state index contributed by atoms with van der Waals surface area (Å²) < 4.78 is 13.8. The molecular weight excluding hydrogens is 227 g/mol. The number of nitrogens with zero attached hydrogens (tertiary/aromatic N) is 1. The molecule has 0 heterocycles. The van der Waals surface area contributed by atoms with Crippen molar-refractivity contribution in [2.45, 2.75) is 38.6 Å². The molecule has 1 saturated carbocycles. The zero-order chi connectivity index (χ0) is 13.0. The molecule has 1 aliphatic carbocycles. The Morgan fingerprint density at radius 1 is 1.33 bits per heavy atom. The van der Waals surface area contributed by atoms with Crippen LogP contribution in [0.5, 0.6) is 0 Å². The maximum Gasteiger partial charge on any atom is 0.146 e. The Balaban J connectivity index is 2.02. The molecule has 0 saturated heterocycles. The van der Waals surface area contributed by atoms with E-state index >= 15 is 0 Å². The number of para-hydroxylation sites is 1. The lowest BCUT2D eigenvalue weighted by atomic mass is 9.98. The van der Waals surface area contributed by atoms with Crippen molar-refractivity contribution in [1.82, 2.24) is 0 Å². The Bertz CT molecular complexity index is 375. The molecule has 1 aromatic carbocycles. The molecule has 0 amide bonds. The fourth-order valence-electron chi connectivity index (χ4n) is 2.90. The molecule has 0 bridgehead atoms. The zero-order valence-corrected chi connectivity index (χ0v) is 11.1. The Morgan fingerprint density at radius 3 is 2.61 bits per heavy atom. The van der Waals surface area contributed by atoms with E-state index in [0.29, 0.717) is 11.6 Å². The Morgan fingerprint density at radius 2 is 2.00 bits per heavy atom. The van der Waals surface area contributed by atoms with Crippen molar-refractivity contribution in [2.24, 2.45) is 11.7 Å². The third-order valence-corrected chi connectivity index (χ3v) is 4.01. The highest BCUT2D eigenvalue weighted by atomic mass is 19.1. The summed E-state index contributed by atoms with van der Waals surface area (Å²) in [7, 11) is 0. The maximum atomic E-state index is 13.8. The molecular formula is C15H23FN2. The van der Waals surface area contributed by atoms with Crippen molar-refractivity contribution >= 4 is 5.69 Å². The first-order chi connectivity index (χ1) is 8.72. The summed E-state index contributed by atoms with van der Waals surface area (Å²) in [5, 5.41) is 0. The van der Waals surface area contributed by atoms with Crippen molar-refractivity contribution < 1.29 is 4.39 Å². The standard InChI is InChI=1S/C15H23FN2/c1-2-18(15-10-6-5-9-13(15)16)11-14(17)12-7-3-4-8-12/h5-6,9-10,12,14H,2-4,7-8,11,17H2,1H3. The van der Waals surface area contributed by atoms with Crippen LogP contribution in [0.15, 0.2) is 24.3 Å². The van der Waals surface area contributed by atoms with Crippen LogP contribution in [-0.2, 0) is 0 Å². The first-order valence-corrected chi connectivity index (χ1v) is 6.97. The van der Waals surface area contributed by atoms with Gasteiger partial charge in [0.15, 0.2) is 0 Å². The van der Waals surface area contributed by atoms with Crippen molar-refractivity contribution in [3.05, 3.63) is 30.1 Å². The highest BCUT2D eigenvalue weighted by molar-refractivity contribution is 5.47. The predicted octanol–water partition coefficient (Wildman–Crippen LogP) is 3.17. The molecule has 0 spiro atoms. The molecule has 2 N–H and O–H groups in total. The number of nitrogens with two attached hydrogens (primary N) is 1. The van der Waals surface area contributed by atoms with Gasteiger partial charge in [-0.15, -0.1) is 0 Å². The summed E-state index contributed by atoms with van der Waals surface area (Å²) in [5.74, 6) is 0.462. The molecule has 0 aliphatic heterocycles. The second-order valence-electron chi connectivity index (χ2n) is 5.20. The van der Waals surface area contributed by atoms with Gasteiger partial charge in [-0.25, -0.2) is 4.39 Å². The van der Waals surface area contributed by atoms with Gasteiger partial charge in [-0.1, -0.05) is 25.0 Å². The quantitative estimate of drug-likeness (QED) is 0.869. The van der Waals surface area contributed by atoms with Gasteiger partial charge in [0.05, 0.1) is 5.69 Å². The molecule has 2 rings (SSSR count). The molecule has 0 radical (unpaired) electrons. The van der Waals surface area contributed by atoms with Crippen LogP contribution in [-0.4, -0.2) is 19.1 Å². The van der Waals surface area contributed by atoms with E-state index in [-0.39, 0.29) is 11.9 Å². The number of halogens is 1. The lowest BCUT2D eigenvalue weighted by Gasteiger charge is -2.29. The minimum atomic E-state index is -0.155. The zero-order valence-electron chi connectivity index (χ0n) is 11.1. The summed E-state index contributed by atoms with van der Waals surface area (Å²) >= 11 is 0. The number of benzene rings is 1. The SMILES string of the molecule is CCN(CC(N)C1CCCC1)c1ccccc1F. The van der Waals surface area contributed by atoms with Gasteiger partial charge in [0.1, 0.15) is 5.82 Å². The van der Waals surface area contributed by atoms with Gasteiger partial charge >= 0.3 is 0 Å². The Kier molecular flexibility index (Phi) is 4.59. The lowest BCUT2D eigenvalue weighted by molar-refractivity contribution is 0.427. The fourth-order valence-corrected chi connectivity index (χ4v) is 2.90. The van der Waals surface area contributed by atoms with Crippen LogP contribution in [0.1, 0.15) is 32.6 Å². The van der Waals surface area contributed by atoms with E-state index in [1.807, 2.05) is 19.1 Å². The van der Waals surface area contributed by atoms with E-state index in [0.717, 1.165) is 13.1 Å². The van der Waals surface area contributed by atoms with E-state index in [1.165, 1.54) is 31.7 Å². The van der Waals surface area contributed by atoms with E-state index in [2.05, 4.69) is 4.90 Å². The number of anilines is 1. The summed E-state index contributed by atoms with van der Waals surface area (Å²) in [4.78, 5) is 2.05. The average molecular weight is 250 g/mol. The Hall–Kier alpha value is -1.09. The predicted molar refractivity (Wildman–Crippen MR) is 74.2 cm³/mol. The normalized spacial score (nSPS) is 17.9. The lowest BCUT2D eigenvalue weighted by Crippen LogP contribution is -2.42. The molecule has 1 atom stereocenters. The molecule has 100 valence electrons. The third-order valence-electron chi connectivity index (χ3n) is 4.01. The van der Waals surface area contributed by atoms with Crippen LogP contribution < -0.4 is 10.6 Å². The van der Waals surface area contributed by atoms with Gasteiger partial charge in [-0.3, -0.25) is 0 Å². The summed E-state index contributed by atoms with van der Waals surface area (Å²) in [5.41, 5.74) is 6.95. The van der Waals surface area contributed by atoms with Gasteiger partial charge in [0, 0.05) is 19.1 Å². The van der Waals surface area contributed by atoms with E-state index < -0.39 is 0 Å². The monoisotopic (exact) mass is 250 g/mol. The third kappa shape index (κ3) is 3.02. The smallest absolute Gasteiger partial charge is 0.146 e. The van der Waals surface area contributed by atoms with Gasteiger partial charge in [-0.05, 0) is 37.8 Å². The highest BCUT2D eigenvalue weighted by Crippen LogP contribution is 2.28. The first kappa shape index (κ1) is 13.3. The number of hydrogen-bond donors (Lipinski definition) is 1. The van der Waals surface area contributed by atoms with Crippen LogP contribution in [0.3, 0.4) is 0 Å². The van der Waals surface area contributed by atoms with E-state index in [1.54, 1.807) is 6.07 Å². The minimum Gasteiger partial charge on any atom is -0.368 e. The molecule has 2 nitrogen and oxygen atoms in total. The number of likely N-dealkylation sites (N-methyl/N-ethyl adjacent to an activating group) is 1. The topological polar surface area (TPSA) is 29.3 Å². The van der Waals surface area contributed by atoms with E-state index in [9.17, 15) is 4.39 Å². The molecule has 1 aromatic rings. The molecule has 1 fully saturated rings. The van der Waals surface area contributed by atoms with Gasteiger partial charge in [0.25, 0.3) is 0 Å².